The summed E-state index contributed by atoms with van der Waals surface area (Å²) in [6.45, 7) is 0. The maximum Gasteiger partial charge on any atom is 0.164 e. The molecule has 0 radical (unpaired) electrons. The molecule has 0 atom stereocenters. The van der Waals surface area contributed by atoms with E-state index in [2.05, 4.69) is 165 Å². The number of rotatable bonds is 5. The Hall–Kier alpha value is -6.53. The van der Waals surface area contributed by atoms with Gasteiger partial charge in [0.05, 0.1) is 22.1 Å². The smallest absolute Gasteiger partial charge is 0.164 e. The third-order valence-corrected chi connectivity index (χ3v) is 11.6. The van der Waals surface area contributed by atoms with Crippen molar-refractivity contribution in [3.63, 3.8) is 0 Å². The van der Waals surface area contributed by atoms with Crippen molar-refractivity contribution in [3.8, 4) is 51.0 Å². The summed E-state index contributed by atoms with van der Waals surface area (Å²) >= 11 is 0. The van der Waals surface area contributed by atoms with Gasteiger partial charge in [-0.3, -0.25) is 0 Å². The fraction of sp³-hybridized carbons (Fsp3) is 0. The average molecular weight is 700 g/mol. The van der Waals surface area contributed by atoms with E-state index in [4.69, 9.17) is 19.4 Å². The second-order valence-electron chi connectivity index (χ2n) is 14.6. The van der Waals surface area contributed by atoms with Gasteiger partial charge < -0.3 is 8.98 Å². The molecule has 0 bridgehead atoms. The van der Waals surface area contributed by atoms with E-state index in [1.165, 1.54) is 49.2 Å². The van der Waals surface area contributed by atoms with E-state index < -0.39 is 0 Å². The lowest BCUT2D eigenvalue weighted by Crippen LogP contribution is -2.55. The first-order chi connectivity index (χ1) is 26.9. The van der Waals surface area contributed by atoms with E-state index in [1.54, 1.807) is 0 Å². The third kappa shape index (κ3) is 5.27. The number of furan rings is 1. The van der Waals surface area contributed by atoms with Crippen LogP contribution in [0.15, 0.2) is 144 Å². The molecule has 10 rings (SSSR count). The van der Waals surface area contributed by atoms with Gasteiger partial charge >= 0.3 is 0 Å². The second kappa shape index (κ2) is 12.8. The summed E-state index contributed by atoms with van der Waals surface area (Å²) in [5, 5.41) is 4.53. The van der Waals surface area contributed by atoms with E-state index in [0.29, 0.717) is 17.5 Å². The molecule has 7 aromatic carbocycles. The minimum Gasteiger partial charge on any atom is -0.456 e. The van der Waals surface area contributed by atoms with Gasteiger partial charge in [-0.25, -0.2) is 15.0 Å². The Morgan fingerprint density at radius 1 is 0.400 bits per heavy atom. The Bertz CT molecular complexity index is 3130. The summed E-state index contributed by atoms with van der Waals surface area (Å²) in [5.74, 6) is 1.93. The summed E-state index contributed by atoms with van der Waals surface area (Å²) in [7, 11) is 10.9. The Kier molecular flexibility index (Phi) is 7.70. The Balaban J connectivity index is 1.18. The van der Waals surface area contributed by atoms with E-state index in [0.717, 1.165) is 55.3 Å². The summed E-state index contributed by atoms with van der Waals surface area (Å²) in [4.78, 5) is 15.4. The van der Waals surface area contributed by atoms with Crippen molar-refractivity contribution in [2.24, 2.45) is 0 Å². The number of nitrogens with zero attached hydrogens (tertiary/aromatic N) is 4. The quantitative estimate of drug-likeness (QED) is 0.260. The number of hydrogen-bond acceptors (Lipinski definition) is 4. The zero-order chi connectivity index (χ0) is 37.4. The van der Waals surface area contributed by atoms with Crippen LogP contribution in [0.25, 0.3) is 94.7 Å². The molecule has 0 saturated carbocycles. The van der Waals surface area contributed by atoms with Crippen LogP contribution in [0.3, 0.4) is 0 Å². The lowest BCUT2D eigenvalue weighted by molar-refractivity contribution is 0.669. The largest absolute Gasteiger partial charge is 0.456 e. The van der Waals surface area contributed by atoms with Crippen molar-refractivity contribution in [1.29, 1.82) is 0 Å². The first-order valence-corrected chi connectivity index (χ1v) is 18.8. The first-order valence-electron chi connectivity index (χ1n) is 18.8. The molecule has 0 amide bonds. The highest BCUT2D eigenvalue weighted by Crippen LogP contribution is 2.40. The zero-order valence-corrected chi connectivity index (χ0v) is 31.5. The summed E-state index contributed by atoms with van der Waals surface area (Å²) in [5.41, 5.74) is 16.5. The maximum absolute atomic E-state index is 6.70. The Morgan fingerprint density at radius 3 is 1.73 bits per heavy atom. The minimum absolute atomic E-state index is 0.608. The standard InChI is InChI=1S/C45H33B5N4O/c46-38-37(39(47)41(49)42(50)40(38)48)45-52-43(25-12-5-2-6-13-25)51-44(53-45)27-19-21-30-35(23-27)55-34-17-9-16-32(36(30)34)54-31-15-8-7-14-28(31)29-20-18-26(22-33(29)54)24-10-3-1-4-11-24/h1-23H,46-50H2. The SMILES string of the molecule is Bc1c(B)c(B)c(-c2nc(-c3ccccc3)nc(-c3ccc4c(c3)oc3cccc(-n5c6ccccc6c6ccc(-c7ccccc7)cc65)c34)n2)c(B)c1B. The number of hydrogen-bond donors (Lipinski definition) is 0. The van der Waals surface area contributed by atoms with Crippen LogP contribution in [-0.2, 0) is 0 Å². The number of benzene rings is 7. The molecule has 3 heterocycles. The average Bonchev–Trinajstić information content (AvgIpc) is 3.78. The molecule has 0 aliphatic heterocycles. The van der Waals surface area contributed by atoms with Gasteiger partial charge in [-0.15, -0.1) is 16.4 Å². The van der Waals surface area contributed by atoms with Gasteiger partial charge in [-0.1, -0.05) is 114 Å². The van der Waals surface area contributed by atoms with Crippen LogP contribution in [0.5, 0.6) is 0 Å². The molecule has 3 aromatic heterocycles. The highest BCUT2D eigenvalue weighted by atomic mass is 16.3. The van der Waals surface area contributed by atoms with Crippen LogP contribution in [0.4, 0.5) is 0 Å². The molecule has 0 aliphatic carbocycles. The van der Waals surface area contributed by atoms with Crippen molar-refractivity contribution < 1.29 is 4.42 Å². The monoisotopic (exact) mass is 700 g/mol. The van der Waals surface area contributed by atoms with Crippen LogP contribution in [0, 0.1) is 0 Å². The number of para-hydroxylation sites is 1. The number of aromatic nitrogens is 4. The van der Waals surface area contributed by atoms with Gasteiger partial charge in [0.15, 0.2) is 17.5 Å². The van der Waals surface area contributed by atoms with Gasteiger partial charge in [-0.05, 0) is 47.5 Å². The van der Waals surface area contributed by atoms with Crippen molar-refractivity contribution in [3.05, 3.63) is 140 Å². The minimum atomic E-state index is 0.608. The molecule has 0 unspecified atom stereocenters. The molecular weight excluding hydrogens is 667 g/mol. The van der Waals surface area contributed by atoms with Crippen molar-refractivity contribution >= 4 is 110 Å². The zero-order valence-electron chi connectivity index (χ0n) is 31.5. The lowest BCUT2D eigenvalue weighted by Gasteiger charge is -2.20. The van der Waals surface area contributed by atoms with Gasteiger partial charge in [0.25, 0.3) is 0 Å². The van der Waals surface area contributed by atoms with Crippen LogP contribution in [-0.4, -0.2) is 58.8 Å². The first kappa shape index (κ1) is 33.1. The highest BCUT2D eigenvalue weighted by Gasteiger charge is 2.21. The normalized spacial score (nSPS) is 11.6. The molecule has 10 heteroatoms. The third-order valence-electron chi connectivity index (χ3n) is 11.6. The molecule has 5 nitrogen and oxygen atoms in total. The van der Waals surface area contributed by atoms with Crippen LogP contribution < -0.4 is 27.3 Å². The summed E-state index contributed by atoms with van der Waals surface area (Å²) in [6.07, 6.45) is 0. The molecule has 0 spiro atoms. The van der Waals surface area contributed by atoms with Gasteiger partial charge in [-0.2, -0.15) is 0 Å². The second-order valence-corrected chi connectivity index (χ2v) is 14.6. The van der Waals surface area contributed by atoms with Crippen molar-refractivity contribution in [2.75, 3.05) is 0 Å². The van der Waals surface area contributed by atoms with Crippen molar-refractivity contribution in [1.82, 2.24) is 19.5 Å². The van der Waals surface area contributed by atoms with Gasteiger partial charge in [0.1, 0.15) is 50.4 Å². The Labute approximate surface area is 323 Å². The van der Waals surface area contributed by atoms with E-state index in [1.807, 2.05) is 18.2 Å². The molecule has 0 aliphatic rings. The van der Waals surface area contributed by atoms with Crippen LogP contribution >= 0.6 is 0 Å². The predicted molar refractivity (Wildman–Crippen MR) is 244 cm³/mol. The fourth-order valence-corrected chi connectivity index (χ4v) is 8.34. The van der Waals surface area contributed by atoms with E-state index in [9.17, 15) is 0 Å². The van der Waals surface area contributed by atoms with E-state index in [-0.39, 0.29) is 0 Å². The lowest BCUT2D eigenvalue weighted by atomic mass is 9.60. The van der Waals surface area contributed by atoms with Crippen LogP contribution in [0.1, 0.15) is 0 Å². The molecule has 0 N–H and O–H groups in total. The highest BCUT2D eigenvalue weighted by molar-refractivity contribution is 6.68. The fourth-order valence-electron chi connectivity index (χ4n) is 8.34. The molecular formula is C45H33B5N4O. The van der Waals surface area contributed by atoms with Crippen molar-refractivity contribution in [2.45, 2.75) is 0 Å². The summed E-state index contributed by atoms with van der Waals surface area (Å²) in [6, 6.07) is 48.9. The molecule has 254 valence electrons. The van der Waals surface area contributed by atoms with Crippen LogP contribution in [0.2, 0.25) is 0 Å². The van der Waals surface area contributed by atoms with E-state index >= 15 is 0 Å². The van der Waals surface area contributed by atoms with Gasteiger partial charge in [0.2, 0.25) is 0 Å². The topological polar surface area (TPSA) is 56.7 Å². The maximum atomic E-state index is 6.70. The predicted octanol–water partition coefficient (Wildman–Crippen LogP) is 2.83. The van der Waals surface area contributed by atoms with Gasteiger partial charge in [0, 0.05) is 32.8 Å². The molecule has 0 fully saturated rings. The molecule has 10 aromatic rings. The summed E-state index contributed by atoms with van der Waals surface area (Å²) < 4.78 is 9.09. The number of fused-ring (bicyclic) bond motifs is 6. The Morgan fingerprint density at radius 2 is 0.982 bits per heavy atom. The molecule has 0 saturated heterocycles. The molecule has 55 heavy (non-hydrogen) atoms.